The number of nitrogens with zero attached hydrogens (tertiary/aromatic N) is 1. The number of rotatable bonds is 8. The molecule has 0 aliphatic carbocycles. The molecule has 0 saturated heterocycles. The van der Waals surface area contributed by atoms with Crippen molar-refractivity contribution in [2.75, 3.05) is 23.3 Å². The Morgan fingerprint density at radius 3 is 2.23 bits per heavy atom. The highest BCUT2D eigenvalue weighted by Crippen LogP contribution is 2.18. The quantitative estimate of drug-likeness (QED) is 0.504. The van der Waals surface area contributed by atoms with Crippen molar-refractivity contribution < 1.29 is 17.6 Å². The van der Waals surface area contributed by atoms with Gasteiger partial charge in [-0.1, -0.05) is 35.9 Å². The third-order valence-corrected chi connectivity index (χ3v) is 6.07. The molecule has 2 N–H and O–H groups in total. The maximum atomic E-state index is 13.3. The zero-order chi connectivity index (χ0) is 22.3. The van der Waals surface area contributed by atoms with Crippen LogP contribution in [-0.2, 0) is 10.0 Å². The highest BCUT2D eigenvalue weighted by atomic mass is 32.2. The number of carbonyl (C=O) groups is 1. The molecule has 0 aliphatic rings. The van der Waals surface area contributed by atoms with E-state index in [0.29, 0.717) is 17.8 Å². The normalized spacial score (nSPS) is 11.2. The summed E-state index contributed by atoms with van der Waals surface area (Å²) in [4.78, 5) is 14.5. The van der Waals surface area contributed by atoms with Crippen molar-refractivity contribution in [1.82, 2.24) is 4.72 Å². The Labute approximate surface area is 181 Å². The van der Waals surface area contributed by atoms with Crippen molar-refractivity contribution in [3.8, 4) is 0 Å². The van der Waals surface area contributed by atoms with E-state index in [1.165, 1.54) is 41.3 Å². The molecular formula is C23H24FN3O3S. The van der Waals surface area contributed by atoms with Gasteiger partial charge in [-0.25, -0.2) is 22.3 Å². The van der Waals surface area contributed by atoms with Crippen LogP contribution in [0.2, 0.25) is 0 Å². The molecule has 0 saturated carbocycles. The minimum absolute atomic E-state index is 0.146. The lowest BCUT2D eigenvalue weighted by Gasteiger charge is -2.23. The van der Waals surface area contributed by atoms with Crippen molar-refractivity contribution in [2.24, 2.45) is 0 Å². The number of nitrogens with one attached hydrogen (secondary N) is 2. The van der Waals surface area contributed by atoms with Gasteiger partial charge in [0.05, 0.1) is 4.90 Å². The molecule has 0 unspecified atom stereocenters. The molecule has 2 amide bonds. The van der Waals surface area contributed by atoms with Crippen LogP contribution in [0.5, 0.6) is 0 Å². The summed E-state index contributed by atoms with van der Waals surface area (Å²) in [6.07, 6.45) is 0.366. The standard InChI is InChI=1S/C23H24FN3O3S/c1-18-8-12-20(13-9-18)26-23(28)27(21-14-10-19(24)11-15-21)17-5-16-25-31(29,30)22-6-3-2-4-7-22/h2-4,6-15,25H,5,16-17H2,1H3,(H,26,28). The van der Waals surface area contributed by atoms with Crippen molar-refractivity contribution in [3.05, 3.63) is 90.2 Å². The number of anilines is 2. The third-order valence-electron chi connectivity index (χ3n) is 4.59. The fraction of sp³-hybridized carbons (Fsp3) is 0.174. The molecule has 0 spiro atoms. The minimum atomic E-state index is -3.62. The van der Waals surface area contributed by atoms with E-state index in [0.717, 1.165) is 5.56 Å². The van der Waals surface area contributed by atoms with Gasteiger partial charge in [-0.2, -0.15) is 0 Å². The van der Waals surface area contributed by atoms with Gasteiger partial charge >= 0.3 is 6.03 Å². The van der Waals surface area contributed by atoms with E-state index in [9.17, 15) is 17.6 Å². The molecular weight excluding hydrogens is 417 g/mol. The summed E-state index contributed by atoms with van der Waals surface area (Å²) in [7, 11) is -3.62. The highest BCUT2D eigenvalue weighted by Gasteiger charge is 2.17. The Balaban J connectivity index is 1.66. The van der Waals surface area contributed by atoms with Crippen LogP contribution in [0.4, 0.5) is 20.6 Å². The Morgan fingerprint density at radius 1 is 0.935 bits per heavy atom. The summed E-state index contributed by atoms with van der Waals surface area (Å²) >= 11 is 0. The van der Waals surface area contributed by atoms with Crippen LogP contribution >= 0.6 is 0 Å². The second-order valence-corrected chi connectivity index (χ2v) is 8.76. The van der Waals surface area contributed by atoms with Crippen molar-refractivity contribution >= 4 is 27.4 Å². The SMILES string of the molecule is Cc1ccc(NC(=O)N(CCCNS(=O)(=O)c2ccccc2)c2ccc(F)cc2)cc1. The Morgan fingerprint density at radius 2 is 1.58 bits per heavy atom. The monoisotopic (exact) mass is 441 g/mol. The third kappa shape index (κ3) is 6.37. The van der Waals surface area contributed by atoms with Gasteiger partial charge in [0.2, 0.25) is 10.0 Å². The predicted molar refractivity (Wildman–Crippen MR) is 120 cm³/mol. The summed E-state index contributed by atoms with van der Waals surface area (Å²) in [5.41, 5.74) is 2.21. The van der Waals surface area contributed by atoms with Gasteiger partial charge in [0.1, 0.15) is 5.82 Å². The molecule has 162 valence electrons. The zero-order valence-electron chi connectivity index (χ0n) is 17.1. The van der Waals surface area contributed by atoms with E-state index >= 15 is 0 Å². The molecule has 0 fully saturated rings. The molecule has 31 heavy (non-hydrogen) atoms. The Kier molecular flexibility index (Phi) is 7.38. The first-order valence-electron chi connectivity index (χ1n) is 9.81. The second-order valence-electron chi connectivity index (χ2n) is 6.99. The van der Waals surface area contributed by atoms with E-state index < -0.39 is 15.8 Å². The lowest BCUT2D eigenvalue weighted by molar-refractivity contribution is 0.257. The first-order valence-corrected chi connectivity index (χ1v) is 11.3. The molecule has 6 nitrogen and oxygen atoms in total. The van der Waals surface area contributed by atoms with Gasteiger partial charge in [-0.15, -0.1) is 0 Å². The number of aryl methyl sites for hydroxylation is 1. The fourth-order valence-electron chi connectivity index (χ4n) is 2.92. The van der Waals surface area contributed by atoms with E-state index in [2.05, 4.69) is 10.0 Å². The molecule has 8 heteroatoms. The van der Waals surface area contributed by atoms with Crippen LogP contribution in [-0.4, -0.2) is 27.5 Å². The first kappa shape index (κ1) is 22.5. The molecule has 0 bridgehead atoms. The average Bonchev–Trinajstić information content (AvgIpc) is 2.77. The topological polar surface area (TPSA) is 78.5 Å². The van der Waals surface area contributed by atoms with Crippen LogP contribution < -0.4 is 14.9 Å². The summed E-state index contributed by atoms with van der Waals surface area (Å²) in [6, 6.07) is 20.6. The summed E-state index contributed by atoms with van der Waals surface area (Å²) in [5, 5.41) is 2.82. The number of benzene rings is 3. The zero-order valence-corrected chi connectivity index (χ0v) is 17.9. The lowest BCUT2D eigenvalue weighted by Crippen LogP contribution is -2.37. The average molecular weight is 442 g/mol. The van der Waals surface area contributed by atoms with Crippen LogP contribution in [0, 0.1) is 12.7 Å². The van der Waals surface area contributed by atoms with Gasteiger partial charge in [-0.3, -0.25) is 4.90 Å². The molecule has 3 aromatic carbocycles. The number of urea groups is 1. The number of hydrogen-bond acceptors (Lipinski definition) is 3. The minimum Gasteiger partial charge on any atom is -0.308 e. The van der Waals surface area contributed by atoms with E-state index in [1.807, 2.05) is 19.1 Å². The number of amides is 2. The highest BCUT2D eigenvalue weighted by molar-refractivity contribution is 7.89. The van der Waals surface area contributed by atoms with E-state index in [4.69, 9.17) is 0 Å². The van der Waals surface area contributed by atoms with Crippen molar-refractivity contribution in [2.45, 2.75) is 18.2 Å². The predicted octanol–water partition coefficient (Wildman–Crippen LogP) is 4.54. The second kappa shape index (κ2) is 10.2. The fourth-order valence-corrected chi connectivity index (χ4v) is 4.02. The van der Waals surface area contributed by atoms with Gasteiger partial charge in [0.15, 0.2) is 0 Å². The number of hydrogen-bond donors (Lipinski definition) is 2. The molecule has 3 aromatic rings. The van der Waals surface area contributed by atoms with E-state index in [1.54, 1.807) is 30.3 Å². The summed E-state index contributed by atoms with van der Waals surface area (Å²) in [6.45, 7) is 2.33. The van der Waals surface area contributed by atoms with Gasteiger partial charge in [-0.05, 0) is 61.9 Å². The van der Waals surface area contributed by atoms with Crippen LogP contribution in [0.1, 0.15) is 12.0 Å². The van der Waals surface area contributed by atoms with Gasteiger partial charge in [0.25, 0.3) is 0 Å². The van der Waals surface area contributed by atoms with Gasteiger partial charge < -0.3 is 5.32 Å². The maximum absolute atomic E-state index is 13.3. The first-order chi connectivity index (χ1) is 14.8. The Bertz CT molecular complexity index is 1100. The maximum Gasteiger partial charge on any atom is 0.326 e. The van der Waals surface area contributed by atoms with Gasteiger partial charge in [0, 0.05) is 24.5 Å². The number of halogens is 1. The number of sulfonamides is 1. The van der Waals surface area contributed by atoms with Crippen LogP contribution in [0.3, 0.4) is 0 Å². The number of carbonyl (C=O) groups excluding carboxylic acids is 1. The van der Waals surface area contributed by atoms with Crippen LogP contribution in [0.15, 0.2) is 83.8 Å². The molecule has 0 radical (unpaired) electrons. The Hall–Kier alpha value is -3.23. The van der Waals surface area contributed by atoms with E-state index in [-0.39, 0.29) is 24.0 Å². The van der Waals surface area contributed by atoms with Crippen LogP contribution in [0.25, 0.3) is 0 Å². The van der Waals surface area contributed by atoms with Crippen molar-refractivity contribution in [3.63, 3.8) is 0 Å². The molecule has 0 atom stereocenters. The lowest BCUT2D eigenvalue weighted by atomic mass is 10.2. The smallest absolute Gasteiger partial charge is 0.308 e. The summed E-state index contributed by atoms with van der Waals surface area (Å²) < 4.78 is 40.6. The molecule has 0 aliphatic heterocycles. The van der Waals surface area contributed by atoms with Crippen molar-refractivity contribution in [1.29, 1.82) is 0 Å². The molecule has 0 aromatic heterocycles. The molecule has 0 heterocycles. The largest absolute Gasteiger partial charge is 0.326 e. The molecule has 3 rings (SSSR count). The summed E-state index contributed by atoms with van der Waals surface area (Å²) in [5.74, 6) is -0.404.